The second-order valence-corrected chi connectivity index (χ2v) is 14.9. The average Bonchev–Trinajstić information content (AvgIpc) is 3.63. The summed E-state index contributed by atoms with van der Waals surface area (Å²) in [7, 11) is 0. The summed E-state index contributed by atoms with van der Waals surface area (Å²) in [4.78, 5) is 4.60. The molecule has 0 spiro atoms. The number of hydrogen-bond acceptors (Lipinski definition) is 3. The van der Waals surface area contributed by atoms with Crippen LogP contribution in [0.15, 0.2) is 212 Å². The van der Waals surface area contributed by atoms with Crippen molar-refractivity contribution in [2.24, 2.45) is 0 Å². The third-order valence-corrected chi connectivity index (χ3v) is 11.4. The number of nitrogens with zero attached hydrogens (tertiary/aromatic N) is 3. The first-order valence-corrected chi connectivity index (χ1v) is 20.0. The van der Waals surface area contributed by atoms with E-state index in [-0.39, 0.29) is 0 Å². The van der Waals surface area contributed by atoms with Crippen molar-refractivity contribution < 1.29 is 4.74 Å². The smallest absolute Gasteiger partial charge is 0.152 e. The second-order valence-electron chi connectivity index (χ2n) is 14.9. The molecule has 0 N–H and O–H groups in total. The Morgan fingerprint density at radius 2 is 1.05 bits per heavy atom. The Morgan fingerprint density at radius 3 is 1.83 bits per heavy atom. The van der Waals surface area contributed by atoms with Gasteiger partial charge < -0.3 is 19.1 Å². The largest absolute Gasteiger partial charge is 0.453 e. The van der Waals surface area contributed by atoms with Crippen LogP contribution in [0.1, 0.15) is 18.4 Å². The van der Waals surface area contributed by atoms with Crippen LogP contribution in [-0.4, -0.2) is 4.57 Å². The van der Waals surface area contributed by atoms with E-state index in [0.29, 0.717) is 0 Å². The molecule has 0 atom stereocenters. The summed E-state index contributed by atoms with van der Waals surface area (Å²) in [5.74, 6) is 1.65. The molecule has 2 aliphatic rings. The second kappa shape index (κ2) is 14.2. The standard InChI is InChI=1S/C54H39N3O/c1-4-15-38(16-5-1)39-17-14-22-46(35-39)57-49-24-11-10-23-47(49)48-36-40(27-33-50(48)57)41-28-34-52-54(37-41)58-53-26-13-12-25-51(53)56(52)45-31-29-44(30-32-45)55(42-18-6-2-7-19-42)43-20-8-3-9-21-43/h1-13,15-21,23-37H,14,22H2. The summed E-state index contributed by atoms with van der Waals surface area (Å²) < 4.78 is 9.16. The predicted octanol–water partition coefficient (Wildman–Crippen LogP) is 15.2. The number of fused-ring (bicyclic) bond motifs is 5. The van der Waals surface area contributed by atoms with Crippen molar-refractivity contribution in [2.75, 3.05) is 9.80 Å². The van der Waals surface area contributed by atoms with E-state index in [9.17, 15) is 0 Å². The van der Waals surface area contributed by atoms with Gasteiger partial charge in [0.25, 0.3) is 0 Å². The minimum atomic E-state index is 0.825. The summed E-state index contributed by atoms with van der Waals surface area (Å²) in [6.45, 7) is 0. The molecule has 2 heterocycles. The minimum Gasteiger partial charge on any atom is -0.453 e. The summed E-state index contributed by atoms with van der Waals surface area (Å²) in [5.41, 5.74) is 15.0. The molecule has 1 aromatic heterocycles. The van der Waals surface area contributed by atoms with Gasteiger partial charge in [0.05, 0.1) is 22.4 Å². The number of benzene rings is 8. The van der Waals surface area contributed by atoms with Gasteiger partial charge in [0.2, 0.25) is 0 Å². The Morgan fingerprint density at radius 1 is 0.448 bits per heavy atom. The summed E-state index contributed by atoms with van der Waals surface area (Å²) in [6, 6.07) is 71.2. The maximum atomic E-state index is 6.69. The number of aromatic nitrogens is 1. The molecule has 1 aliphatic heterocycles. The van der Waals surface area contributed by atoms with E-state index < -0.39 is 0 Å². The van der Waals surface area contributed by atoms with Gasteiger partial charge in [0, 0.05) is 39.2 Å². The van der Waals surface area contributed by atoms with Gasteiger partial charge in [-0.15, -0.1) is 0 Å². The number of anilines is 6. The Kier molecular flexibility index (Phi) is 8.25. The molecule has 0 saturated heterocycles. The van der Waals surface area contributed by atoms with Crippen molar-refractivity contribution in [1.82, 2.24) is 4.57 Å². The fourth-order valence-corrected chi connectivity index (χ4v) is 8.72. The SMILES string of the molecule is C1=C(c2ccccc2)C=C(n2c3ccccc3c3cc(-c4ccc5c(c4)Oc4ccccc4N5c4ccc(N(c5ccccc5)c5ccccc5)cc4)ccc32)CC1. The third kappa shape index (κ3) is 5.86. The Bertz CT molecular complexity index is 2980. The lowest BCUT2D eigenvalue weighted by atomic mass is 9.97. The molecule has 1 aliphatic carbocycles. The van der Waals surface area contributed by atoms with Crippen molar-refractivity contribution in [2.45, 2.75) is 12.8 Å². The summed E-state index contributed by atoms with van der Waals surface area (Å²) >= 11 is 0. The molecule has 0 saturated carbocycles. The normalized spacial score (nSPS) is 13.3. The van der Waals surface area contributed by atoms with Crippen LogP contribution in [0.2, 0.25) is 0 Å². The molecule has 0 amide bonds. The maximum absolute atomic E-state index is 6.69. The van der Waals surface area contributed by atoms with E-state index in [4.69, 9.17) is 4.74 Å². The van der Waals surface area contributed by atoms with Crippen molar-refractivity contribution in [1.29, 1.82) is 0 Å². The van der Waals surface area contributed by atoms with Gasteiger partial charge in [0.1, 0.15) is 0 Å². The Hall–Kier alpha value is -7.56. The zero-order valence-corrected chi connectivity index (χ0v) is 31.9. The van der Waals surface area contributed by atoms with Crippen molar-refractivity contribution in [3.8, 4) is 22.6 Å². The lowest BCUT2D eigenvalue weighted by molar-refractivity contribution is 0.477. The van der Waals surface area contributed by atoms with Crippen molar-refractivity contribution >= 4 is 67.2 Å². The van der Waals surface area contributed by atoms with Gasteiger partial charge in [-0.25, -0.2) is 0 Å². The highest BCUT2D eigenvalue weighted by Gasteiger charge is 2.27. The topological polar surface area (TPSA) is 20.6 Å². The molecule has 0 radical (unpaired) electrons. The molecule has 4 heteroatoms. The monoisotopic (exact) mass is 745 g/mol. The lowest BCUT2D eigenvalue weighted by Crippen LogP contribution is -2.16. The van der Waals surface area contributed by atoms with E-state index in [1.165, 1.54) is 38.6 Å². The molecule has 276 valence electrons. The molecule has 0 unspecified atom stereocenters. The highest BCUT2D eigenvalue weighted by Crippen LogP contribution is 2.52. The third-order valence-electron chi connectivity index (χ3n) is 11.4. The first-order valence-electron chi connectivity index (χ1n) is 20.0. The van der Waals surface area contributed by atoms with Crippen LogP contribution >= 0.6 is 0 Å². The highest BCUT2D eigenvalue weighted by molar-refractivity contribution is 6.11. The molecule has 9 aromatic rings. The van der Waals surface area contributed by atoms with Gasteiger partial charge in [-0.1, -0.05) is 115 Å². The van der Waals surface area contributed by atoms with Crippen LogP contribution in [-0.2, 0) is 0 Å². The zero-order chi connectivity index (χ0) is 38.4. The molecular weight excluding hydrogens is 707 g/mol. The van der Waals surface area contributed by atoms with Crippen molar-refractivity contribution in [3.05, 3.63) is 218 Å². The number of hydrogen-bond donors (Lipinski definition) is 0. The fraction of sp³-hybridized carbons (Fsp3) is 0.0370. The van der Waals surface area contributed by atoms with Crippen molar-refractivity contribution in [3.63, 3.8) is 0 Å². The lowest BCUT2D eigenvalue weighted by Gasteiger charge is -2.33. The minimum absolute atomic E-state index is 0.825. The first kappa shape index (κ1) is 33.8. The van der Waals surface area contributed by atoms with E-state index in [1.807, 2.05) is 6.07 Å². The molecular formula is C54H39N3O. The van der Waals surface area contributed by atoms with Gasteiger partial charge >= 0.3 is 0 Å². The first-order chi connectivity index (χ1) is 28.8. The molecule has 11 rings (SSSR count). The van der Waals surface area contributed by atoms with E-state index in [2.05, 4.69) is 221 Å². The van der Waals surface area contributed by atoms with Crippen LogP contribution in [0.25, 0.3) is 44.2 Å². The van der Waals surface area contributed by atoms with Crippen LogP contribution in [0.4, 0.5) is 34.1 Å². The summed E-state index contributed by atoms with van der Waals surface area (Å²) in [6.07, 6.45) is 6.75. The van der Waals surface area contributed by atoms with Gasteiger partial charge in [-0.3, -0.25) is 0 Å². The number of rotatable bonds is 7. The van der Waals surface area contributed by atoms with E-state index in [0.717, 1.165) is 69.6 Å². The fourth-order valence-electron chi connectivity index (χ4n) is 8.72. The Balaban J connectivity index is 0.971. The number of allylic oxidation sites excluding steroid dienone is 4. The van der Waals surface area contributed by atoms with Crippen LogP contribution in [0, 0.1) is 0 Å². The van der Waals surface area contributed by atoms with E-state index >= 15 is 0 Å². The van der Waals surface area contributed by atoms with Crippen LogP contribution in [0.5, 0.6) is 11.5 Å². The Labute approximate surface area is 338 Å². The predicted molar refractivity (Wildman–Crippen MR) is 242 cm³/mol. The molecule has 0 bridgehead atoms. The molecule has 0 fully saturated rings. The van der Waals surface area contributed by atoms with Crippen LogP contribution in [0.3, 0.4) is 0 Å². The quantitative estimate of drug-likeness (QED) is 0.162. The number of ether oxygens (including phenoxy) is 1. The maximum Gasteiger partial charge on any atom is 0.152 e. The molecule has 8 aromatic carbocycles. The summed E-state index contributed by atoms with van der Waals surface area (Å²) in [5, 5.41) is 2.50. The zero-order valence-electron chi connectivity index (χ0n) is 31.9. The number of para-hydroxylation sites is 5. The van der Waals surface area contributed by atoms with Gasteiger partial charge in [-0.2, -0.15) is 0 Å². The molecule has 58 heavy (non-hydrogen) atoms. The molecule has 4 nitrogen and oxygen atoms in total. The van der Waals surface area contributed by atoms with Gasteiger partial charge in [-0.05, 0) is 132 Å². The van der Waals surface area contributed by atoms with Gasteiger partial charge in [0.15, 0.2) is 11.5 Å². The van der Waals surface area contributed by atoms with E-state index in [1.54, 1.807) is 0 Å². The average molecular weight is 746 g/mol. The highest BCUT2D eigenvalue weighted by atomic mass is 16.5. The van der Waals surface area contributed by atoms with Crippen LogP contribution < -0.4 is 14.5 Å².